The van der Waals surface area contributed by atoms with Gasteiger partial charge in [0, 0.05) is 16.5 Å². The Hall–Kier alpha value is -3.68. The van der Waals surface area contributed by atoms with Crippen LogP contribution in [0.1, 0.15) is 49.3 Å². The van der Waals surface area contributed by atoms with Crippen molar-refractivity contribution >= 4 is 16.9 Å². The van der Waals surface area contributed by atoms with Gasteiger partial charge in [0.2, 0.25) is 0 Å². The van der Waals surface area contributed by atoms with Crippen LogP contribution >= 0.6 is 0 Å². The predicted octanol–water partition coefficient (Wildman–Crippen LogP) is 5.22. The lowest BCUT2D eigenvalue weighted by atomic mass is 9.71. The molecule has 2 N–H and O–H groups in total. The van der Waals surface area contributed by atoms with E-state index < -0.39 is 40.8 Å². The number of hydrogen-bond acceptors (Lipinski definition) is 5. The maximum Gasteiger partial charge on any atom is 0.303 e. The molecule has 4 rings (SSSR count). The van der Waals surface area contributed by atoms with Crippen molar-refractivity contribution in [2.75, 3.05) is 26.7 Å². The summed E-state index contributed by atoms with van der Waals surface area (Å²) in [6, 6.07) is 6.65. The fourth-order valence-electron chi connectivity index (χ4n) is 5.12. The molecule has 10 heteroatoms. The number of carbonyl (C=O) groups is 1. The number of ether oxygens (including phenoxy) is 1. The van der Waals surface area contributed by atoms with E-state index in [0.29, 0.717) is 49.0 Å². The van der Waals surface area contributed by atoms with Crippen LogP contribution in [0.15, 0.2) is 36.5 Å². The largest absolute Gasteiger partial charge is 0.497 e. The third-order valence-corrected chi connectivity index (χ3v) is 7.31. The minimum Gasteiger partial charge on any atom is -0.497 e. The number of benzene rings is 2. The summed E-state index contributed by atoms with van der Waals surface area (Å²) in [7, 11) is 1.49. The molecule has 0 amide bonds. The Morgan fingerprint density at radius 3 is 2.46 bits per heavy atom. The number of aromatic nitrogens is 1. The number of piperidine rings is 1. The van der Waals surface area contributed by atoms with Gasteiger partial charge in [-0.25, -0.2) is 17.6 Å². The van der Waals surface area contributed by atoms with E-state index in [4.69, 9.17) is 4.74 Å². The number of nitrogens with zero attached hydrogens (tertiary/aromatic N) is 2. The van der Waals surface area contributed by atoms with Crippen molar-refractivity contribution in [2.24, 2.45) is 5.41 Å². The van der Waals surface area contributed by atoms with Gasteiger partial charge in [-0.1, -0.05) is 11.8 Å². The van der Waals surface area contributed by atoms with Crippen LogP contribution in [0.25, 0.3) is 10.9 Å². The van der Waals surface area contributed by atoms with Gasteiger partial charge >= 0.3 is 5.97 Å². The Bertz CT molecular complexity index is 1410. The maximum atomic E-state index is 14.8. The van der Waals surface area contributed by atoms with Crippen LogP contribution in [-0.4, -0.2) is 52.8 Å². The molecule has 1 saturated heterocycles. The number of aliphatic carboxylic acids is 1. The van der Waals surface area contributed by atoms with E-state index in [1.165, 1.54) is 7.11 Å². The van der Waals surface area contributed by atoms with Gasteiger partial charge < -0.3 is 14.9 Å². The highest BCUT2D eigenvalue weighted by atomic mass is 19.2. The number of aliphatic hydroxyl groups excluding tert-OH is 1. The molecule has 0 spiro atoms. The molecule has 206 valence electrons. The van der Waals surface area contributed by atoms with Gasteiger partial charge in [-0.3, -0.25) is 14.7 Å². The number of aliphatic hydroxyl groups is 1. The SMILES string of the molecule is COc1ccc2ncc(F)c(C(O)CCC3(CC(=O)O)CCN(CC#Cc4cc(F)c(F)c(F)c4)CC3)c2c1. The molecule has 39 heavy (non-hydrogen) atoms. The van der Waals surface area contributed by atoms with E-state index in [1.54, 1.807) is 18.2 Å². The number of fused-ring (bicyclic) bond motifs is 1. The Morgan fingerprint density at radius 1 is 1.13 bits per heavy atom. The summed E-state index contributed by atoms with van der Waals surface area (Å²) in [6.07, 6.45) is 1.34. The average Bonchev–Trinajstić information content (AvgIpc) is 2.90. The number of likely N-dealkylation sites (tertiary alicyclic amines) is 1. The van der Waals surface area contributed by atoms with E-state index >= 15 is 0 Å². The maximum absolute atomic E-state index is 14.8. The van der Waals surface area contributed by atoms with E-state index in [-0.39, 0.29) is 30.5 Å². The van der Waals surface area contributed by atoms with E-state index in [9.17, 15) is 32.6 Å². The van der Waals surface area contributed by atoms with Crippen LogP contribution in [0, 0.1) is 40.5 Å². The van der Waals surface area contributed by atoms with Gasteiger partial charge in [0.15, 0.2) is 17.5 Å². The molecule has 3 aromatic rings. The summed E-state index contributed by atoms with van der Waals surface area (Å²) in [5.74, 6) is 0.179. The minimum absolute atomic E-state index is 0.0195. The first-order chi connectivity index (χ1) is 18.6. The van der Waals surface area contributed by atoms with Crippen molar-refractivity contribution in [1.29, 1.82) is 0 Å². The van der Waals surface area contributed by atoms with Gasteiger partial charge in [0.1, 0.15) is 11.6 Å². The smallest absolute Gasteiger partial charge is 0.303 e. The molecule has 0 bridgehead atoms. The highest BCUT2D eigenvalue weighted by Crippen LogP contribution is 2.42. The lowest BCUT2D eigenvalue weighted by Gasteiger charge is -2.41. The molecule has 1 aromatic heterocycles. The number of rotatable bonds is 8. The Labute approximate surface area is 223 Å². The minimum atomic E-state index is -1.55. The topological polar surface area (TPSA) is 82.9 Å². The number of carboxylic acids is 1. The van der Waals surface area contributed by atoms with Crippen LogP contribution < -0.4 is 4.74 Å². The van der Waals surface area contributed by atoms with Crippen LogP contribution in [-0.2, 0) is 4.79 Å². The Morgan fingerprint density at radius 2 is 1.82 bits per heavy atom. The monoisotopic (exact) mass is 544 g/mol. The van der Waals surface area contributed by atoms with Gasteiger partial charge in [0.25, 0.3) is 0 Å². The second kappa shape index (κ2) is 12.0. The first kappa shape index (κ1) is 28.3. The lowest BCUT2D eigenvalue weighted by molar-refractivity contribution is -0.141. The lowest BCUT2D eigenvalue weighted by Crippen LogP contribution is -2.41. The predicted molar refractivity (Wildman–Crippen MR) is 136 cm³/mol. The van der Waals surface area contributed by atoms with Crippen LogP contribution in [0.5, 0.6) is 5.75 Å². The van der Waals surface area contributed by atoms with Gasteiger partial charge in [-0.05, 0) is 74.5 Å². The quantitative estimate of drug-likeness (QED) is 0.230. The summed E-state index contributed by atoms with van der Waals surface area (Å²) >= 11 is 0. The first-order valence-electron chi connectivity index (χ1n) is 12.5. The van der Waals surface area contributed by atoms with Crippen LogP contribution in [0.2, 0.25) is 0 Å². The summed E-state index contributed by atoms with van der Waals surface area (Å²) in [4.78, 5) is 17.8. The molecular weight excluding hydrogens is 516 g/mol. The summed E-state index contributed by atoms with van der Waals surface area (Å²) in [6.45, 7) is 1.32. The summed E-state index contributed by atoms with van der Waals surface area (Å²) in [5.41, 5.74) is 0.0284. The van der Waals surface area contributed by atoms with Crippen molar-refractivity contribution < 1.29 is 37.3 Å². The second-order valence-electron chi connectivity index (χ2n) is 9.86. The van der Waals surface area contributed by atoms with E-state index in [0.717, 1.165) is 18.3 Å². The molecule has 1 unspecified atom stereocenters. The number of methoxy groups -OCH3 is 1. The van der Waals surface area contributed by atoms with Crippen molar-refractivity contribution in [3.05, 3.63) is 70.9 Å². The molecule has 1 aliphatic heterocycles. The van der Waals surface area contributed by atoms with Crippen molar-refractivity contribution in [1.82, 2.24) is 9.88 Å². The van der Waals surface area contributed by atoms with Crippen molar-refractivity contribution in [3.63, 3.8) is 0 Å². The molecular formula is C29H28F4N2O4. The third kappa shape index (κ3) is 6.67. The Balaban J connectivity index is 1.43. The molecule has 0 aliphatic carbocycles. The molecule has 1 fully saturated rings. The zero-order valence-corrected chi connectivity index (χ0v) is 21.3. The molecule has 0 radical (unpaired) electrons. The van der Waals surface area contributed by atoms with Crippen LogP contribution in [0.4, 0.5) is 17.6 Å². The zero-order chi connectivity index (χ0) is 28.2. The fraction of sp³-hybridized carbons (Fsp3) is 0.379. The highest BCUT2D eigenvalue weighted by Gasteiger charge is 2.37. The molecule has 1 aliphatic rings. The average molecular weight is 545 g/mol. The second-order valence-corrected chi connectivity index (χ2v) is 9.86. The number of carboxylic acid groups (broad SMARTS) is 1. The molecule has 2 heterocycles. The number of hydrogen-bond donors (Lipinski definition) is 2. The number of pyridine rings is 1. The molecule has 0 saturated carbocycles. The normalized spacial score (nSPS) is 15.9. The Kier molecular flexibility index (Phi) is 8.73. The molecule has 6 nitrogen and oxygen atoms in total. The molecule has 2 aromatic carbocycles. The van der Waals surface area contributed by atoms with Crippen molar-refractivity contribution in [2.45, 2.75) is 38.2 Å². The van der Waals surface area contributed by atoms with E-state index in [1.807, 2.05) is 4.90 Å². The highest BCUT2D eigenvalue weighted by molar-refractivity contribution is 5.84. The zero-order valence-electron chi connectivity index (χ0n) is 21.3. The van der Waals surface area contributed by atoms with E-state index in [2.05, 4.69) is 16.8 Å². The third-order valence-electron chi connectivity index (χ3n) is 7.31. The van der Waals surface area contributed by atoms with Crippen LogP contribution in [0.3, 0.4) is 0 Å². The van der Waals surface area contributed by atoms with Gasteiger partial charge in [0.05, 0.1) is 37.9 Å². The first-order valence-corrected chi connectivity index (χ1v) is 12.5. The standard InChI is InChI=1S/C29H28F4N2O4/c1-39-19-4-5-24-20(15-19)27(23(32)17-34-24)25(36)6-7-29(16-26(37)38)8-11-35(12-9-29)10-2-3-18-13-21(30)28(33)22(31)14-18/h4-5,13-15,17,25,36H,6-12,16H2,1H3,(H,37,38). The van der Waals surface area contributed by atoms with Crippen molar-refractivity contribution in [3.8, 4) is 17.6 Å². The summed E-state index contributed by atoms with van der Waals surface area (Å²) in [5, 5.41) is 21.0. The van der Waals surface area contributed by atoms with Gasteiger partial charge in [-0.15, -0.1) is 0 Å². The fourth-order valence-corrected chi connectivity index (χ4v) is 5.12. The van der Waals surface area contributed by atoms with Gasteiger partial charge in [-0.2, -0.15) is 0 Å². The summed E-state index contributed by atoms with van der Waals surface area (Å²) < 4.78 is 59.9. The molecule has 1 atom stereocenters. The number of halogens is 4.